The van der Waals surface area contributed by atoms with E-state index in [1.165, 1.54) is 11.5 Å². The Morgan fingerprint density at radius 1 is 1.37 bits per heavy atom. The van der Waals surface area contributed by atoms with Crippen LogP contribution < -0.4 is 0 Å². The summed E-state index contributed by atoms with van der Waals surface area (Å²) in [4.78, 5) is 27.0. The molecule has 5 nitrogen and oxygen atoms in total. The van der Waals surface area contributed by atoms with Gasteiger partial charge in [-0.25, -0.2) is 9.78 Å². The topological polar surface area (TPSA) is 72.2 Å². The summed E-state index contributed by atoms with van der Waals surface area (Å²) in [7, 11) is 0. The number of hydrogen-bond acceptors (Lipinski definition) is 3. The fraction of sp³-hybridized carbons (Fsp3) is 0.214. The lowest BCUT2D eigenvalue weighted by molar-refractivity contribution is -0.132. The Morgan fingerprint density at radius 2 is 2.16 bits per heavy atom. The molecule has 0 radical (unpaired) electrons. The van der Waals surface area contributed by atoms with Crippen LogP contribution in [0.3, 0.4) is 0 Å². The zero-order valence-corrected chi connectivity index (χ0v) is 10.4. The number of rotatable bonds is 1. The van der Waals surface area contributed by atoms with Gasteiger partial charge in [0.2, 0.25) is 5.91 Å². The average Bonchev–Trinajstić information content (AvgIpc) is 2.62. The first kappa shape index (κ1) is 11.6. The number of nitrogens with zero attached hydrogens (tertiary/aromatic N) is 2. The van der Waals surface area contributed by atoms with Crippen molar-refractivity contribution >= 4 is 29.0 Å². The predicted octanol–water partition coefficient (Wildman–Crippen LogP) is 2.11. The molecule has 0 aliphatic heterocycles. The molecule has 1 aliphatic carbocycles. The van der Waals surface area contributed by atoms with E-state index in [1.54, 1.807) is 18.5 Å². The number of carbonyl (C=O) groups is 2. The van der Waals surface area contributed by atoms with E-state index in [0.717, 1.165) is 16.5 Å². The van der Waals surface area contributed by atoms with Crippen LogP contribution in [-0.2, 0) is 11.2 Å². The van der Waals surface area contributed by atoms with Crippen molar-refractivity contribution in [2.45, 2.75) is 19.8 Å². The summed E-state index contributed by atoms with van der Waals surface area (Å²) < 4.78 is 1.47. The Hall–Kier alpha value is -2.43. The first-order chi connectivity index (χ1) is 9.08. The molecule has 1 N–H and O–H groups in total. The van der Waals surface area contributed by atoms with E-state index in [1.807, 2.05) is 6.07 Å². The molecular formula is C14H12N2O3. The first-order valence-corrected chi connectivity index (χ1v) is 6.01. The van der Waals surface area contributed by atoms with Crippen LogP contribution in [0.15, 0.2) is 24.0 Å². The zero-order chi connectivity index (χ0) is 13.6. The lowest BCUT2D eigenvalue weighted by Crippen LogP contribution is -2.05. The van der Waals surface area contributed by atoms with Crippen molar-refractivity contribution in [2.75, 3.05) is 0 Å². The smallest absolute Gasteiger partial charge is 0.331 e. The Kier molecular flexibility index (Phi) is 2.48. The van der Waals surface area contributed by atoms with Gasteiger partial charge in [-0.3, -0.25) is 9.36 Å². The molecule has 0 bridgehead atoms. The van der Waals surface area contributed by atoms with Gasteiger partial charge in [0.15, 0.2) is 0 Å². The zero-order valence-electron chi connectivity index (χ0n) is 10.4. The summed E-state index contributed by atoms with van der Waals surface area (Å²) >= 11 is 0. The molecule has 0 fully saturated rings. The van der Waals surface area contributed by atoms with E-state index < -0.39 is 5.97 Å². The van der Waals surface area contributed by atoms with Crippen LogP contribution >= 0.6 is 0 Å². The number of pyridine rings is 1. The lowest BCUT2D eigenvalue weighted by Gasteiger charge is -2.03. The minimum Gasteiger partial charge on any atom is -0.478 e. The first-order valence-electron chi connectivity index (χ1n) is 6.01. The fourth-order valence-electron chi connectivity index (χ4n) is 2.51. The quantitative estimate of drug-likeness (QED) is 0.848. The van der Waals surface area contributed by atoms with Gasteiger partial charge in [0.1, 0.15) is 5.65 Å². The molecule has 1 aliphatic rings. The van der Waals surface area contributed by atoms with E-state index >= 15 is 0 Å². The second kappa shape index (κ2) is 4.05. The van der Waals surface area contributed by atoms with Gasteiger partial charge in [0.05, 0.1) is 0 Å². The van der Waals surface area contributed by atoms with Gasteiger partial charge < -0.3 is 5.11 Å². The minimum atomic E-state index is -0.913. The maximum absolute atomic E-state index is 11.6. The van der Waals surface area contributed by atoms with Gasteiger partial charge in [-0.2, -0.15) is 0 Å². The third-order valence-electron chi connectivity index (χ3n) is 3.41. The normalized spacial score (nSPS) is 14.1. The van der Waals surface area contributed by atoms with Crippen molar-refractivity contribution in [3.63, 3.8) is 0 Å². The molecular weight excluding hydrogens is 244 g/mol. The molecule has 0 saturated heterocycles. The number of carbonyl (C=O) groups excluding carboxylic acids is 1. The van der Waals surface area contributed by atoms with Crippen molar-refractivity contribution in [3.8, 4) is 0 Å². The SMILES string of the molecule is CC(=O)n1cc2c3c(ccnc31)CCC(C(=O)O)=C2. The number of aromatic nitrogens is 2. The molecule has 96 valence electrons. The monoisotopic (exact) mass is 256 g/mol. The van der Waals surface area contributed by atoms with E-state index in [0.29, 0.717) is 24.1 Å². The third kappa shape index (κ3) is 1.74. The highest BCUT2D eigenvalue weighted by Gasteiger charge is 2.20. The van der Waals surface area contributed by atoms with Crippen molar-refractivity contribution in [1.29, 1.82) is 0 Å². The molecule has 3 rings (SSSR count). The Labute approximate surface area is 109 Å². The summed E-state index contributed by atoms with van der Waals surface area (Å²) in [5.41, 5.74) is 2.75. The summed E-state index contributed by atoms with van der Waals surface area (Å²) in [5.74, 6) is -1.05. The van der Waals surface area contributed by atoms with Gasteiger partial charge in [0.25, 0.3) is 0 Å². The van der Waals surface area contributed by atoms with Gasteiger partial charge in [-0.15, -0.1) is 0 Å². The molecule has 2 aromatic rings. The number of carboxylic acids is 1. The van der Waals surface area contributed by atoms with Crippen molar-refractivity contribution < 1.29 is 14.7 Å². The van der Waals surface area contributed by atoms with Crippen molar-refractivity contribution in [1.82, 2.24) is 9.55 Å². The number of aryl methyl sites for hydroxylation is 1. The molecule has 0 saturated carbocycles. The maximum atomic E-state index is 11.6. The lowest BCUT2D eigenvalue weighted by atomic mass is 10.1. The van der Waals surface area contributed by atoms with Gasteiger partial charge in [-0.05, 0) is 30.5 Å². The van der Waals surface area contributed by atoms with Crippen LogP contribution in [-0.4, -0.2) is 26.5 Å². The molecule has 0 spiro atoms. The highest BCUT2D eigenvalue weighted by molar-refractivity contribution is 6.01. The molecule has 5 heteroatoms. The summed E-state index contributed by atoms with van der Waals surface area (Å²) in [6, 6.07) is 1.88. The highest BCUT2D eigenvalue weighted by atomic mass is 16.4. The van der Waals surface area contributed by atoms with Crippen LogP contribution in [0.2, 0.25) is 0 Å². The predicted molar refractivity (Wildman–Crippen MR) is 70.0 cm³/mol. The molecule has 0 aromatic carbocycles. The van der Waals surface area contributed by atoms with Crippen LogP contribution in [0.5, 0.6) is 0 Å². The maximum Gasteiger partial charge on any atom is 0.331 e. The summed E-state index contributed by atoms with van der Waals surface area (Å²) in [5, 5.41) is 10.0. The molecule has 19 heavy (non-hydrogen) atoms. The highest BCUT2D eigenvalue weighted by Crippen LogP contribution is 2.30. The number of hydrogen-bond donors (Lipinski definition) is 1. The standard InChI is InChI=1S/C14H12N2O3/c1-8(17)16-7-11-6-10(14(18)19)3-2-9-4-5-15-13(16)12(9)11/h4-7H,2-3H2,1H3,(H,18,19). The summed E-state index contributed by atoms with van der Waals surface area (Å²) in [6.07, 6.45) is 6.10. The van der Waals surface area contributed by atoms with E-state index in [-0.39, 0.29) is 5.91 Å². The number of carboxylic acid groups (broad SMARTS) is 1. The average molecular weight is 256 g/mol. The third-order valence-corrected chi connectivity index (χ3v) is 3.41. The minimum absolute atomic E-state index is 0.133. The molecule has 0 atom stereocenters. The van der Waals surface area contributed by atoms with Gasteiger partial charge in [-0.1, -0.05) is 0 Å². The van der Waals surface area contributed by atoms with Crippen LogP contribution in [0.25, 0.3) is 17.1 Å². The van der Waals surface area contributed by atoms with Crippen LogP contribution in [0.4, 0.5) is 0 Å². The van der Waals surface area contributed by atoms with E-state index in [2.05, 4.69) is 4.98 Å². The van der Waals surface area contributed by atoms with Crippen molar-refractivity contribution in [2.24, 2.45) is 0 Å². The molecule has 2 aromatic heterocycles. The molecule has 0 amide bonds. The van der Waals surface area contributed by atoms with E-state index in [4.69, 9.17) is 5.11 Å². The largest absolute Gasteiger partial charge is 0.478 e. The van der Waals surface area contributed by atoms with Gasteiger partial charge in [0, 0.05) is 35.8 Å². The number of aliphatic carboxylic acids is 1. The Balaban J connectivity index is 2.35. The Bertz CT molecular complexity index is 740. The Morgan fingerprint density at radius 3 is 2.84 bits per heavy atom. The van der Waals surface area contributed by atoms with Gasteiger partial charge >= 0.3 is 5.97 Å². The second-order valence-corrected chi connectivity index (χ2v) is 4.62. The van der Waals surface area contributed by atoms with Crippen molar-refractivity contribution in [3.05, 3.63) is 35.2 Å². The second-order valence-electron chi connectivity index (χ2n) is 4.62. The summed E-state index contributed by atoms with van der Waals surface area (Å²) in [6.45, 7) is 1.46. The molecule has 0 unspecified atom stereocenters. The molecule has 2 heterocycles. The fourth-order valence-corrected chi connectivity index (χ4v) is 2.51. The van der Waals surface area contributed by atoms with Crippen LogP contribution in [0, 0.1) is 0 Å². The van der Waals surface area contributed by atoms with Crippen LogP contribution in [0.1, 0.15) is 29.3 Å². The van der Waals surface area contributed by atoms with E-state index in [9.17, 15) is 9.59 Å².